The van der Waals surface area contributed by atoms with Crippen LogP contribution in [-0.2, 0) is 16.8 Å². The monoisotopic (exact) mass is 257 g/mol. The minimum absolute atomic E-state index is 0.275. The van der Waals surface area contributed by atoms with Crippen molar-refractivity contribution in [2.24, 2.45) is 4.99 Å². The zero-order valence-electron chi connectivity index (χ0n) is 11.3. The molecule has 100 valence electrons. The largest absolute Gasteiger partial charge is 0.490 e. The molecular formula is C16H19NO2. The maximum Gasteiger partial charge on any atom is 0.235 e. The minimum Gasteiger partial charge on any atom is -0.490 e. The topological polar surface area (TPSA) is 38.7 Å². The number of hydrogen-bond donors (Lipinski definition) is 0. The highest BCUT2D eigenvalue weighted by Gasteiger charge is 2.36. The van der Waals surface area contributed by atoms with E-state index in [0.29, 0.717) is 0 Å². The van der Waals surface area contributed by atoms with Gasteiger partial charge in [0, 0.05) is 0 Å². The van der Waals surface area contributed by atoms with Crippen molar-refractivity contribution in [3.8, 4) is 5.75 Å². The van der Waals surface area contributed by atoms with Crippen molar-refractivity contribution in [3.63, 3.8) is 0 Å². The van der Waals surface area contributed by atoms with Crippen LogP contribution in [0.5, 0.6) is 5.75 Å². The number of hydrogen-bond acceptors (Lipinski definition) is 3. The van der Waals surface area contributed by atoms with Gasteiger partial charge in [-0.2, -0.15) is 4.99 Å². The highest BCUT2D eigenvalue weighted by molar-refractivity contribution is 5.44. The summed E-state index contributed by atoms with van der Waals surface area (Å²) in [5.74, 6) is 0.976. The molecule has 1 heterocycles. The molecule has 3 rings (SSSR count). The van der Waals surface area contributed by atoms with E-state index in [4.69, 9.17) is 4.74 Å². The Morgan fingerprint density at radius 1 is 1.37 bits per heavy atom. The molecule has 1 atom stereocenters. The highest BCUT2D eigenvalue weighted by atomic mass is 16.5. The second kappa shape index (κ2) is 4.82. The first-order valence-electron chi connectivity index (χ1n) is 7.13. The second-order valence-corrected chi connectivity index (χ2v) is 5.73. The molecule has 1 fully saturated rings. The fourth-order valence-electron chi connectivity index (χ4n) is 3.31. The summed E-state index contributed by atoms with van der Waals surface area (Å²) in [4.78, 5) is 14.9. The second-order valence-electron chi connectivity index (χ2n) is 5.73. The number of isocyanates is 1. The van der Waals surface area contributed by atoms with Gasteiger partial charge >= 0.3 is 0 Å². The third-order valence-electron chi connectivity index (χ3n) is 4.44. The number of benzene rings is 1. The van der Waals surface area contributed by atoms with Crippen LogP contribution in [0, 0.1) is 0 Å². The van der Waals surface area contributed by atoms with Gasteiger partial charge in [0.15, 0.2) is 0 Å². The van der Waals surface area contributed by atoms with Gasteiger partial charge in [0.25, 0.3) is 0 Å². The van der Waals surface area contributed by atoms with Crippen LogP contribution in [0.3, 0.4) is 0 Å². The lowest BCUT2D eigenvalue weighted by atomic mass is 9.87. The lowest BCUT2D eigenvalue weighted by molar-refractivity contribution is 0.192. The summed E-state index contributed by atoms with van der Waals surface area (Å²) in [6.45, 7) is 2.10. The first-order valence-corrected chi connectivity index (χ1v) is 7.13. The lowest BCUT2D eigenvalue weighted by Gasteiger charge is -2.27. The highest BCUT2D eigenvalue weighted by Crippen LogP contribution is 2.44. The molecule has 0 radical (unpaired) electrons. The van der Waals surface area contributed by atoms with Gasteiger partial charge in [0.05, 0.1) is 11.6 Å². The Morgan fingerprint density at radius 3 is 2.89 bits per heavy atom. The molecular weight excluding hydrogens is 238 g/mol. The predicted molar refractivity (Wildman–Crippen MR) is 73.1 cm³/mol. The minimum atomic E-state index is -0.346. The number of fused-ring (bicyclic) bond motifs is 1. The van der Waals surface area contributed by atoms with Crippen LogP contribution in [-0.4, -0.2) is 12.2 Å². The number of carbonyl (C=O) groups excluding carboxylic acids is 1. The average molecular weight is 257 g/mol. The van der Waals surface area contributed by atoms with Crippen molar-refractivity contribution in [2.75, 3.05) is 0 Å². The van der Waals surface area contributed by atoms with E-state index in [1.165, 1.54) is 5.56 Å². The van der Waals surface area contributed by atoms with E-state index in [-0.39, 0.29) is 11.6 Å². The summed E-state index contributed by atoms with van der Waals surface area (Å²) >= 11 is 0. The molecule has 1 saturated carbocycles. The van der Waals surface area contributed by atoms with Crippen molar-refractivity contribution in [3.05, 3.63) is 29.3 Å². The maximum atomic E-state index is 10.8. The number of nitrogens with zero attached hydrogens (tertiary/aromatic N) is 1. The lowest BCUT2D eigenvalue weighted by Crippen LogP contribution is -2.22. The van der Waals surface area contributed by atoms with E-state index in [1.54, 1.807) is 6.08 Å². The molecule has 1 aromatic carbocycles. The first-order chi connectivity index (χ1) is 9.23. The van der Waals surface area contributed by atoms with E-state index < -0.39 is 0 Å². The smallest absolute Gasteiger partial charge is 0.235 e. The molecule has 0 aromatic heterocycles. The third-order valence-corrected chi connectivity index (χ3v) is 4.44. The maximum absolute atomic E-state index is 10.8. The van der Waals surface area contributed by atoms with Gasteiger partial charge in [0.1, 0.15) is 5.75 Å². The molecule has 3 nitrogen and oxygen atoms in total. The van der Waals surface area contributed by atoms with Crippen molar-refractivity contribution in [1.29, 1.82) is 0 Å². The molecule has 0 saturated heterocycles. The molecule has 0 spiro atoms. The van der Waals surface area contributed by atoms with E-state index in [9.17, 15) is 4.79 Å². The molecule has 0 bridgehead atoms. The number of ether oxygens (including phenoxy) is 1. The Bertz CT molecular complexity index is 526. The Hall–Kier alpha value is -1.60. The summed E-state index contributed by atoms with van der Waals surface area (Å²) in [7, 11) is 0. The summed E-state index contributed by atoms with van der Waals surface area (Å²) in [6, 6.07) is 6.35. The van der Waals surface area contributed by atoms with Crippen molar-refractivity contribution >= 4 is 6.08 Å². The molecule has 1 aliphatic heterocycles. The number of aryl methyl sites for hydroxylation is 1. The molecule has 19 heavy (non-hydrogen) atoms. The van der Waals surface area contributed by atoms with E-state index in [1.807, 2.05) is 0 Å². The molecule has 0 amide bonds. The standard InChI is InChI=1S/C16H19NO2/c1-12-4-5-13-6-7-14(10-15(13)19-12)16(17-11-18)8-2-3-9-16/h6-7,10,12H,2-5,8-9H2,1H3. The van der Waals surface area contributed by atoms with E-state index in [0.717, 1.165) is 49.8 Å². The third kappa shape index (κ3) is 2.19. The van der Waals surface area contributed by atoms with E-state index >= 15 is 0 Å². The normalized spacial score (nSPS) is 24.2. The fourth-order valence-corrected chi connectivity index (χ4v) is 3.31. The first kappa shape index (κ1) is 12.4. The quantitative estimate of drug-likeness (QED) is 0.600. The summed E-state index contributed by atoms with van der Waals surface area (Å²) in [5, 5.41) is 0. The van der Waals surface area contributed by atoms with Crippen LogP contribution in [0.15, 0.2) is 23.2 Å². The SMILES string of the molecule is CC1CCc2ccc(C3(N=C=O)CCCC3)cc2O1. The number of aliphatic imine (C=N–C) groups is 1. The van der Waals surface area contributed by atoms with E-state index in [2.05, 4.69) is 30.1 Å². The van der Waals surface area contributed by atoms with Gasteiger partial charge in [0.2, 0.25) is 6.08 Å². The Kier molecular flexibility index (Phi) is 3.16. The molecule has 3 heteroatoms. The Labute approximate surface area is 113 Å². The van der Waals surface area contributed by atoms with Gasteiger partial charge in [-0.05, 0) is 49.8 Å². The zero-order valence-corrected chi connectivity index (χ0v) is 11.3. The molecule has 1 aliphatic carbocycles. The summed E-state index contributed by atoms with van der Waals surface area (Å²) in [5.41, 5.74) is 2.03. The Balaban J connectivity index is 2.01. The number of rotatable bonds is 2. The molecule has 1 aromatic rings. The van der Waals surface area contributed by atoms with Crippen LogP contribution in [0.4, 0.5) is 0 Å². The summed E-state index contributed by atoms with van der Waals surface area (Å²) < 4.78 is 5.91. The van der Waals surface area contributed by atoms with Crippen LogP contribution >= 0.6 is 0 Å². The van der Waals surface area contributed by atoms with Crippen molar-refractivity contribution in [1.82, 2.24) is 0 Å². The van der Waals surface area contributed by atoms with Crippen LogP contribution in [0.25, 0.3) is 0 Å². The predicted octanol–water partition coefficient (Wildman–Crippen LogP) is 3.51. The molecule has 1 unspecified atom stereocenters. The average Bonchev–Trinajstić information content (AvgIpc) is 2.88. The van der Waals surface area contributed by atoms with Crippen molar-refractivity contribution < 1.29 is 9.53 Å². The van der Waals surface area contributed by atoms with Gasteiger partial charge in [-0.15, -0.1) is 0 Å². The van der Waals surface area contributed by atoms with Crippen LogP contribution in [0.2, 0.25) is 0 Å². The zero-order chi connectivity index (χ0) is 13.3. The van der Waals surface area contributed by atoms with Gasteiger partial charge in [-0.3, -0.25) is 0 Å². The molecule has 0 N–H and O–H groups in total. The van der Waals surface area contributed by atoms with Gasteiger partial charge < -0.3 is 4.74 Å². The van der Waals surface area contributed by atoms with Crippen LogP contribution in [0.1, 0.15) is 50.2 Å². The van der Waals surface area contributed by atoms with Crippen LogP contribution < -0.4 is 4.74 Å². The summed E-state index contributed by atoms with van der Waals surface area (Å²) in [6.07, 6.45) is 8.32. The van der Waals surface area contributed by atoms with Gasteiger partial charge in [-0.25, -0.2) is 4.79 Å². The Morgan fingerprint density at radius 2 is 2.16 bits per heavy atom. The van der Waals surface area contributed by atoms with Crippen molar-refractivity contribution in [2.45, 2.75) is 57.1 Å². The fraction of sp³-hybridized carbons (Fsp3) is 0.562. The van der Waals surface area contributed by atoms with Gasteiger partial charge in [-0.1, -0.05) is 25.0 Å². The molecule has 2 aliphatic rings.